The van der Waals surface area contributed by atoms with Gasteiger partial charge in [-0.25, -0.2) is 4.39 Å². The summed E-state index contributed by atoms with van der Waals surface area (Å²) < 4.78 is 36.5. The number of halogens is 1. The van der Waals surface area contributed by atoms with Gasteiger partial charge in [0.2, 0.25) is 0 Å². The van der Waals surface area contributed by atoms with Crippen LogP contribution in [0.5, 0.6) is 0 Å². The summed E-state index contributed by atoms with van der Waals surface area (Å²) in [5.41, 5.74) is 3.12. The number of esters is 3. The molecule has 5 atom stereocenters. The van der Waals surface area contributed by atoms with E-state index in [0.29, 0.717) is 6.42 Å². The summed E-state index contributed by atoms with van der Waals surface area (Å²) in [6.45, 7) is 5.79. The van der Waals surface area contributed by atoms with Crippen LogP contribution < -0.4 is 0 Å². The van der Waals surface area contributed by atoms with Gasteiger partial charge in [-0.1, -0.05) is 30.3 Å². The van der Waals surface area contributed by atoms with Crippen LogP contribution in [0.1, 0.15) is 48.4 Å². The van der Waals surface area contributed by atoms with E-state index in [1.807, 2.05) is 31.2 Å². The molecule has 40 heavy (non-hydrogen) atoms. The molecule has 0 aliphatic carbocycles. The first-order valence-corrected chi connectivity index (χ1v) is 14.8. The van der Waals surface area contributed by atoms with Gasteiger partial charge in [0.05, 0.1) is 0 Å². The SMILES string of the molecule is CS[C@H]1O[C@@H](c2ccc(C)c(Cc3ccc(-c4ccc(F)cc4)s3)c2)[C@H](OC(C)=O)[C@@H](OC(C)=O)[C@@H]1OC(C)=O. The summed E-state index contributed by atoms with van der Waals surface area (Å²) in [5.74, 6) is -2.03. The number of ether oxygens (including phenoxy) is 4. The fourth-order valence-corrected chi connectivity index (χ4v) is 6.47. The van der Waals surface area contributed by atoms with Crippen LogP contribution in [0, 0.1) is 12.7 Å². The Morgan fingerprint density at radius 2 is 1.50 bits per heavy atom. The van der Waals surface area contributed by atoms with E-state index in [-0.39, 0.29) is 5.82 Å². The Bertz CT molecular complexity index is 1370. The molecule has 4 rings (SSSR count). The van der Waals surface area contributed by atoms with Crippen molar-refractivity contribution in [3.63, 3.8) is 0 Å². The fourth-order valence-electron chi connectivity index (χ4n) is 4.72. The minimum Gasteiger partial charge on any atom is -0.455 e. The highest BCUT2D eigenvalue weighted by Crippen LogP contribution is 2.41. The van der Waals surface area contributed by atoms with E-state index >= 15 is 0 Å². The van der Waals surface area contributed by atoms with Crippen molar-refractivity contribution in [3.8, 4) is 10.4 Å². The Morgan fingerprint density at radius 3 is 2.12 bits per heavy atom. The molecule has 0 amide bonds. The molecule has 0 bridgehead atoms. The first kappa shape index (κ1) is 29.8. The molecule has 1 saturated heterocycles. The summed E-state index contributed by atoms with van der Waals surface area (Å²) in [6, 6.07) is 16.4. The van der Waals surface area contributed by atoms with Crippen LogP contribution in [0.3, 0.4) is 0 Å². The van der Waals surface area contributed by atoms with Crippen molar-refractivity contribution >= 4 is 41.0 Å². The van der Waals surface area contributed by atoms with Gasteiger partial charge in [-0.15, -0.1) is 23.1 Å². The molecule has 212 valence electrons. The Hall–Kier alpha value is -3.21. The van der Waals surface area contributed by atoms with Gasteiger partial charge in [-0.05, 0) is 59.7 Å². The van der Waals surface area contributed by atoms with E-state index in [0.717, 1.165) is 32.0 Å². The van der Waals surface area contributed by atoms with Crippen LogP contribution in [0.2, 0.25) is 0 Å². The highest BCUT2D eigenvalue weighted by atomic mass is 32.2. The lowest BCUT2D eigenvalue weighted by Gasteiger charge is -2.44. The Labute approximate surface area is 241 Å². The number of rotatable bonds is 8. The number of thiophene rings is 1. The second kappa shape index (κ2) is 13.0. The summed E-state index contributed by atoms with van der Waals surface area (Å²) >= 11 is 2.94. The molecule has 0 saturated carbocycles. The van der Waals surface area contributed by atoms with Gasteiger partial charge in [0.1, 0.15) is 17.4 Å². The summed E-state index contributed by atoms with van der Waals surface area (Å²) in [6.07, 6.45) is -1.43. The Kier molecular flexibility index (Phi) is 9.65. The molecular weight excluding hydrogens is 555 g/mol. The number of aryl methyl sites for hydroxylation is 1. The third-order valence-electron chi connectivity index (χ3n) is 6.49. The van der Waals surface area contributed by atoms with Crippen LogP contribution in [-0.2, 0) is 39.8 Å². The highest BCUT2D eigenvalue weighted by molar-refractivity contribution is 7.99. The molecule has 0 unspecified atom stereocenters. The van der Waals surface area contributed by atoms with E-state index in [4.69, 9.17) is 18.9 Å². The predicted molar refractivity (Wildman–Crippen MR) is 151 cm³/mol. The molecule has 1 aromatic heterocycles. The number of carbonyl (C=O) groups is 3. The van der Waals surface area contributed by atoms with Crippen LogP contribution in [0.15, 0.2) is 54.6 Å². The monoisotopic (exact) mass is 586 g/mol. The smallest absolute Gasteiger partial charge is 0.303 e. The average Bonchev–Trinajstić information content (AvgIpc) is 3.35. The normalized spacial score (nSPS) is 22.4. The number of carbonyl (C=O) groups excluding carboxylic acids is 3. The van der Waals surface area contributed by atoms with Crippen molar-refractivity contribution in [2.45, 2.75) is 64.0 Å². The number of hydrogen-bond donors (Lipinski definition) is 0. The van der Waals surface area contributed by atoms with E-state index in [9.17, 15) is 18.8 Å². The van der Waals surface area contributed by atoms with E-state index in [1.165, 1.54) is 44.7 Å². The largest absolute Gasteiger partial charge is 0.455 e. The van der Waals surface area contributed by atoms with Crippen LogP contribution in [-0.4, -0.2) is 47.9 Å². The van der Waals surface area contributed by atoms with Gasteiger partial charge in [0.25, 0.3) is 0 Å². The summed E-state index contributed by atoms with van der Waals surface area (Å²) in [4.78, 5) is 38.3. The van der Waals surface area contributed by atoms with Gasteiger partial charge in [-0.2, -0.15) is 0 Å². The van der Waals surface area contributed by atoms with Gasteiger partial charge in [0.15, 0.2) is 18.3 Å². The number of thioether (sulfide) groups is 1. The topological polar surface area (TPSA) is 88.1 Å². The zero-order valence-corrected chi connectivity index (χ0v) is 24.5. The number of benzene rings is 2. The van der Waals surface area contributed by atoms with Crippen molar-refractivity contribution in [1.29, 1.82) is 0 Å². The lowest BCUT2D eigenvalue weighted by molar-refractivity contribution is -0.233. The molecule has 2 aromatic carbocycles. The number of hydrogen-bond acceptors (Lipinski definition) is 9. The van der Waals surface area contributed by atoms with E-state index in [2.05, 4.69) is 6.07 Å². The maximum Gasteiger partial charge on any atom is 0.303 e. The highest BCUT2D eigenvalue weighted by Gasteiger charge is 2.52. The van der Waals surface area contributed by atoms with Crippen molar-refractivity contribution < 1.29 is 37.7 Å². The van der Waals surface area contributed by atoms with Crippen molar-refractivity contribution in [2.24, 2.45) is 0 Å². The lowest BCUT2D eigenvalue weighted by Crippen LogP contribution is -2.57. The second-order valence-electron chi connectivity index (χ2n) is 9.52. The Balaban J connectivity index is 1.67. The molecule has 3 aromatic rings. The molecule has 1 aliphatic rings. The first-order valence-electron chi connectivity index (χ1n) is 12.7. The van der Waals surface area contributed by atoms with Gasteiger partial charge < -0.3 is 18.9 Å². The summed E-state index contributed by atoms with van der Waals surface area (Å²) in [7, 11) is 0. The zero-order chi connectivity index (χ0) is 29.0. The third kappa shape index (κ3) is 7.10. The predicted octanol–water partition coefficient (Wildman–Crippen LogP) is 6.01. The molecule has 0 radical (unpaired) electrons. The van der Waals surface area contributed by atoms with Crippen molar-refractivity contribution in [2.75, 3.05) is 6.26 Å². The van der Waals surface area contributed by atoms with Crippen LogP contribution in [0.4, 0.5) is 4.39 Å². The van der Waals surface area contributed by atoms with Crippen molar-refractivity contribution in [1.82, 2.24) is 0 Å². The molecule has 10 heteroatoms. The quantitative estimate of drug-likeness (QED) is 0.234. The molecule has 2 heterocycles. The second-order valence-corrected chi connectivity index (χ2v) is 11.6. The first-order chi connectivity index (χ1) is 19.0. The average molecular weight is 587 g/mol. The maximum absolute atomic E-state index is 13.4. The fraction of sp³-hybridized carbons (Fsp3) is 0.367. The van der Waals surface area contributed by atoms with Crippen molar-refractivity contribution in [3.05, 3.63) is 82.0 Å². The molecule has 0 N–H and O–H groups in total. The molecule has 7 nitrogen and oxygen atoms in total. The maximum atomic E-state index is 13.4. The molecule has 1 fully saturated rings. The van der Waals surface area contributed by atoms with Gasteiger partial charge in [0, 0.05) is 36.9 Å². The molecular formula is C30H31FO7S2. The van der Waals surface area contributed by atoms with Crippen LogP contribution in [0.25, 0.3) is 10.4 Å². The minimum absolute atomic E-state index is 0.274. The van der Waals surface area contributed by atoms with Gasteiger partial charge >= 0.3 is 17.9 Å². The van der Waals surface area contributed by atoms with Gasteiger partial charge in [-0.3, -0.25) is 14.4 Å². The molecule has 0 spiro atoms. The zero-order valence-electron chi connectivity index (χ0n) is 22.8. The molecule has 1 aliphatic heterocycles. The Morgan fingerprint density at radius 1 is 0.875 bits per heavy atom. The third-order valence-corrected chi connectivity index (χ3v) is 8.47. The standard InChI is InChI=1S/C30H31FO7S2/c1-16-6-7-21(14-22(16)15-24-12-13-25(40-24)20-8-10-23(31)11-9-20)26-27(35-17(2)32)28(36-18(3)33)29(37-19(4)34)30(38-26)39-5/h6-14,26-30H,15H2,1-5H3/t26-,27-,28+,29-,30+/m0/s1. The lowest BCUT2D eigenvalue weighted by atomic mass is 9.91. The van der Waals surface area contributed by atoms with E-state index in [1.54, 1.807) is 29.7 Å². The van der Waals surface area contributed by atoms with E-state index < -0.39 is 47.8 Å². The minimum atomic E-state index is -1.07. The van der Waals surface area contributed by atoms with Crippen LogP contribution >= 0.6 is 23.1 Å². The summed E-state index contributed by atoms with van der Waals surface area (Å²) in [5, 5.41) is 0.